The van der Waals surface area contributed by atoms with Crippen LogP contribution in [-0.4, -0.2) is 61.5 Å². The summed E-state index contributed by atoms with van der Waals surface area (Å²) in [5.74, 6) is 0.955. The maximum atomic E-state index is 12.2. The average molecular weight is 255 g/mol. The summed E-state index contributed by atoms with van der Waals surface area (Å²) < 4.78 is 0. The van der Waals surface area contributed by atoms with Crippen molar-refractivity contribution in [2.75, 3.05) is 39.8 Å². The molecule has 18 heavy (non-hydrogen) atoms. The van der Waals surface area contributed by atoms with Gasteiger partial charge in [0.15, 0.2) is 0 Å². The standard InChI is InChI=1S/C14H29N3O/c1-12(2)10-13(3)16(4)11-14(18)17-8-5-6-15-7-9-17/h12-13,15H,5-11H2,1-4H3. The van der Waals surface area contributed by atoms with Crippen molar-refractivity contribution in [1.29, 1.82) is 0 Å². The summed E-state index contributed by atoms with van der Waals surface area (Å²) in [6.45, 7) is 10.9. The molecule has 4 heteroatoms. The monoisotopic (exact) mass is 255 g/mol. The van der Waals surface area contributed by atoms with Gasteiger partial charge in [-0.15, -0.1) is 0 Å². The molecule has 4 nitrogen and oxygen atoms in total. The fourth-order valence-electron chi connectivity index (χ4n) is 2.43. The summed E-state index contributed by atoms with van der Waals surface area (Å²) in [5.41, 5.74) is 0. The van der Waals surface area contributed by atoms with Gasteiger partial charge in [0.1, 0.15) is 0 Å². The zero-order chi connectivity index (χ0) is 13.5. The predicted octanol–water partition coefficient (Wildman–Crippen LogP) is 1.17. The molecule has 106 valence electrons. The molecule has 1 aliphatic heterocycles. The lowest BCUT2D eigenvalue weighted by atomic mass is 10.0. The van der Waals surface area contributed by atoms with Gasteiger partial charge in [0, 0.05) is 25.7 Å². The molecule has 0 spiro atoms. The molecule has 1 fully saturated rings. The molecule has 1 saturated heterocycles. The van der Waals surface area contributed by atoms with Crippen LogP contribution in [0.3, 0.4) is 0 Å². The highest BCUT2D eigenvalue weighted by molar-refractivity contribution is 5.78. The molecule has 1 N–H and O–H groups in total. The summed E-state index contributed by atoms with van der Waals surface area (Å²) in [4.78, 5) is 16.4. The Kier molecular flexibility index (Phi) is 6.65. The van der Waals surface area contributed by atoms with Crippen molar-refractivity contribution in [2.45, 2.75) is 39.7 Å². The second kappa shape index (κ2) is 7.74. The van der Waals surface area contributed by atoms with Gasteiger partial charge >= 0.3 is 0 Å². The van der Waals surface area contributed by atoms with E-state index in [9.17, 15) is 4.79 Å². The van der Waals surface area contributed by atoms with E-state index < -0.39 is 0 Å². The van der Waals surface area contributed by atoms with E-state index in [-0.39, 0.29) is 5.91 Å². The fourth-order valence-corrected chi connectivity index (χ4v) is 2.43. The number of hydrogen-bond acceptors (Lipinski definition) is 3. The van der Waals surface area contributed by atoms with Crippen molar-refractivity contribution in [3.05, 3.63) is 0 Å². The molecule has 0 saturated carbocycles. The van der Waals surface area contributed by atoms with Gasteiger partial charge in [0.25, 0.3) is 0 Å². The lowest BCUT2D eigenvalue weighted by Crippen LogP contribution is -2.43. The zero-order valence-electron chi connectivity index (χ0n) is 12.4. The Balaban J connectivity index is 2.37. The van der Waals surface area contributed by atoms with Crippen LogP contribution in [0.25, 0.3) is 0 Å². The van der Waals surface area contributed by atoms with Crippen LogP contribution in [-0.2, 0) is 4.79 Å². The molecule has 0 bridgehead atoms. The largest absolute Gasteiger partial charge is 0.340 e. The molecule has 0 radical (unpaired) electrons. The Bertz CT molecular complexity index is 247. The zero-order valence-corrected chi connectivity index (χ0v) is 12.4. The maximum Gasteiger partial charge on any atom is 0.236 e. The van der Waals surface area contributed by atoms with Crippen LogP contribution >= 0.6 is 0 Å². The minimum Gasteiger partial charge on any atom is -0.340 e. The average Bonchev–Trinajstić information content (AvgIpc) is 2.56. The molecule has 1 heterocycles. The van der Waals surface area contributed by atoms with Crippen molar-refractivity contribution < 1.29 is 4.79 Å². The summed E-state index contributed by atoms with van der Waals surface area (Å²) in [6.07, 6.45) is 2.21. The number of likely N-dealkylation sites (N-methyl/N-ethyl adjacent to an activating group) is 1. The lowest BCUT2D eigenvalue weighted by Gasteiger charge is -2.28. The Hall–Kier alpha value is -0.610. The molecule has 1 atom stereocenters. The molecule has 1 amide bonds. The van der Waals surface area contributed by atoms with E-state index in [0.717, 1.165) is 39.0 Å². The third-order valence-corrected chi connectivity index (χ3v) is 3.64. The van der Waals surface area contributed by atoms with Crippen LogP contribution in [0, 0.1) is 5.92 Å². The summed E-state index contributed by atoms with van der Waals surface area (Å²) in [6, 6.07) is 0.471. The smallest absolute Gasteiger partial charge is 0.236 e. The summed E-state index contributed by atoms with van der Waals surface area (Å²) in [7, 11) is 2.06. The van der Waals surface area contributed by atoms with E-state index >= 15 is 0 Å². The van der Waals surface area contributed by atoms with Crippen LogP contribution in [0.1, 0.15) is 33.6 Å². The summed E-state index contributed by atoms with van der Waals surface area (Å²) >= 11 is 0. The molecule has 1 unspecified atom stereocenters. The highest BCUT2D eigenvalue weighted by Gasteiger charge is 2.19. The van der Waals surface area contributed by atoms with Gasteiger partial charge < -0.3 is 10.2 Å². The van der Waals surface area contributed by atoms with Gasteiger partial charge in [-0.2, -0.15) is 0 Å². The molecule has 0 aromatic rings. The Morgan fingerprint density at radius 2 is 2.00 bits per heavy atom. The third-order valence-electron chi connectivity index (χ3n) is 3.64. The van der Waals surface area contributed by atoms with Gasteiger partial charge in [0.05, 0.1) is 6.54 Å². The van der Waals surface area contributed by atoms with Crippen LogP contribution in [0.5, 0.6) is 0 Å². The summed E-state index contributed by atoms with van der Waals surface area (Å²) in [5, 5.41) is 3.33. The fraction of sp³-hybridized carbons (Fsp3) is 0.929. The second-order valence-electron chi connectivity index (χ2n) is 5.88. The van der Waals surface area contributed by atoms with E-state index in [1.54, 1.807) is 0 Å². The maximum absolute atomic E-state index is 12.2. The number of carbonyl (C=O) groups is 1. The van der Waals surface area contributed by atoms with Crippen molar-refractivity contribution in [2.24, 2.45) is 5.92 Å². The first-order chi connectivity index (χ1) is 8.50. The van der Waals surface area contributed by atoms with Crippen molar-refractivity contribution in [1.82, 2.24) is 15.1 Å². The number of hydrogen-bond donors (Lipinski definition) is 1. The Morgan fingerprint density at radius 1 is 1.28 bits per heavy atom. The van der Waals surface area contributed by atoms with Crippen LogP contribution in [0.15, 0.2) is 0 Å². The molecular formula is C14H29N3O. The van der Waals surface area contributed by atoms with E-state index in [1.807, 2.05) is 4.90 Å². The van der Waals surface area contributed by atoms with Crippen LogP contribution < -0.4 is 5.32 Å². The number of nitrogens with zero attached hydrogens (tertiary/aromatic N) is 2. The third kappa shape index (κ3) is 5.36. The SMILES string of the molecule is CC(C)CC(C)N(C)CC(=O)N1CCCNCC1. The Labute approximate surface area is 112 Å². The van der Waals surface area contributed by atoms with Gasteiger partial charge in [-0.25, -0.2) is 0 Å². The second-order valence-corrected chi connectivity index (χ2v) is 5.88. The predicted molar refractivity (Wildman–Crippen MR) is 75.6 cm³/mol. The molecule has 0 aromatic carbocycles. The Morgan fingerprint density at radius 3 is 2.67 bits per heavy atom. The first-order valence-electron chi connectivity index (χ1n) is 7.19. The molecule has 1 aliphatic rings. The number of nitrogens with one attached hydrogen (secondary N) is 1. The topological polar surface area (TPSA) is 35.6 Å². The van der Waals surface area contributed by atoms with Gasteiger partial charge in [0.2, 0.25) is 5.91 Å². The highest BCUT2D eigenvalue weighted by atomic mass is 16.2. The van der Waals surface area contributed by atoms with Gasteiger partial charge in [-0.05, 0) is 39.3 Å². The van der Waals surface area contributed by atoms with Crippen LogP contribution in [0.2, 0.25) is 0 Å². The van der Waals surface area contributed by atoms with Gasteiger partial charge in [-0.3, -0.25) is 9.69 Å². The van der Waals surface area contributed by atoms with E-state index in [1.165, 1.54) is 0 Å². The van der Waals surface area contributed by atoms with E-state index in [2.05, 4.69) is 38.0 Å². The molecule has 1 rings (SSSR count). The minimum atomic E-state index is 0.275. The molecule has 0 aromatic heterocycles. The first kappa shape index (κ1) is 15.4. The lowest BCUT2D eigenvalue weighted by molar-refractivity contribution is -0.132. The molecule has 0 aliphatic carbocycles. The van der Waals surface area contributed by atoms with E-state index in [0.29, 0.717) is 18.5 Å². The first-order valence-corrected chi connectivity index (χ1v) is 7.19. The van der Waals surface area contributed by atoms with Crippen molar-refractivity contribution in [3.8, 4) is 0 Å². The normalized spacial score (nSPS) is 19.1. The van der Waals surface area contributed by atoms with Crippen molar-refractivity contribution >= 4 is 5.91 Å². The molecular weight excluding hydrogens is 226 g/mol. The van der Waals surface area contributed by atoms with Gasteiger partial charge in [-0.1, -0.05) is 13.8 Å². The number of amides is 1. The number of carbonyl (C=O) groups excluding carboxylic acids is 1. The number of rotatable bonds is 5. The van der Waals surface area contributed by atoms with E-state index in [4.69, 9.17) is 0 Å². The quantitative estimate of drug-likeness (QED) is 0.801. The van der Waals surface area contributed by atoms with Crippen molar-refractivity contribution in [3.63, 3.8) is 0 Å². The van der Waals surface area contributed by atoms with Crippen LogP contribution in [0.4, 0.5) is 0 Å². The highest BCUT2D eigenvalue weighted by Crippen LogP contribution is 2.09. The minimum absolute atomic E-state index is 0.275.